The molecule has 1 N–H and O–H groups in total. The SMILES string of the molecule is CC(C)CNC(=O)/C=C/c1ccc(Cl)c(C(F)(F)F)c1. The summed E-state index contributed by atoms with van der Waals surface area (Å²) >= 11 is 5.50. The highest BCUT2D eigenvalue weighted by Crippen LogP contribution is 2.35. The number of carbonyl (C=O) groups is 1. The smallest absolute Gasteiger partial charge is 0.352 e. The summed E-state index contributed by atoms with van der Waals surface area (Å²) in [6.45, 7) is 4.40. The maximum atomic E-state index is 12.6. The molecule has 0 saturated carbocycles. The van der Waals surface area contributed by atoms with Gasteiger partial charge in [-0.1, -0.05) is 31.5 Å². The average Bonchev–Trinajstić information content (AvgIpc) is 2.33. The van der Waals surface area contributed by atoms with Crippen molar-refractivity contribution in [1.82, 2.24) is 5.32 Å². The number of carbonyl (C=O) groups excluding carboxylic acids is 1. The first kappa shape index (κ1) is 16.6. The second kappa shape index (κ2) is 6.79. The van der Waals surface area contributed by atoms with E-state index in [4.69, 9.17) is 11.6 Å². The van der Waals surface area contributed by atoms with Crippen LogP contribution < -0.4 is 5.32 Å². The van der Waals surface area contributed by atoms with E-state index in [1.165, 1.54) is 18.2 Å². The Morgan fingerprint density at radius 2 is 2.05 bits per heavy atom. The molecule has 0 aliphatic rings. The van der Waals surface area contributed by atoms with E-state index in [1.807, 2.05) is 13.8 Å². The molecule has 0 unspecified atom stereocenters. The van der Waals surface area contributed by atoms with Gasteiger partial charge < -0.3 is 5.32 Å². The predicted octanol–water partition coefficient (Wildman–Crippen LogP) is 4.14. The summed E-state index contributed by atoms with van der Waals surface area (Å²) in [6, 6.07) is 3.49. The Balaban J connectivity index is 2.81. The van der Waals surface area contributed by atoms with Crippen molar-refractivity contribution < 1.29 is 18.0 Å². The highest BCUT2D eigenvalue weighted by atomic mass is 35.5. The lowest BCUT2D eigenvalue weighted by molar-refractivity contribution is -0.137. The summed E-state index contributed by atoms with van der Waals surface area (Å²) < 4.78 is 37.9. The van der Waals surface area contributed by atoms with Gasteiger partial charge in [0.15, 0.2) is 0 Å². The lowest BCUT2D eigenvalue weighted by Crippen LogP contribution is -2.25. The molecule has 110 valence electrons. The van der Waals surface area contributed by atoms with Crippen molar-refractivity contribution in [3.05, 3.63) is 40.4 Å². The van der Waals surface area contributed by atoms with Gasteiger partial charge in [-0.3, -0.25) is 4.79 Å². The van der Waals surface area contributed by atoms with Crippen LogP contribution in [0, 0.1) is 5.92 Å². The molecule has 1 aromatic rings. The van der Waals surface area contributed by atoms with Gasteiger partial charge in [-0.15, -0.1) is 0 Å². The summed E-state index contributed by atoms with van der Waals surface area (Å²) in [5.74, 6) is -0.0399. The van der Waals surface area contributed by atoms with Gasteiger partial charge in [0.25, 0.3) is 0 Å². The molecule has 0 spiro atoms. The molecule has 2 nitrogen and oxygen atoms in total. The normalized spacial score (nSPS) is 12.2. The molecule has 6 heteroatoms. The number of alkyl halides is 3. The fourth-order valence-corrected chi connectivity index (χ4v) is 1.62. The second-order valence-corrected chi connectivity index (χ2v) is 5.12. The fourth-order valence-electron chi connectivity index (χ4n) is 1.40. The van der Waals surface area contributed by atoms with E-state index < -0.39 is 11.7 Å². The minimum Gasteiger partial charge on any atom is -0.352 e. The van der Waals surface area contributed by atoms with Crippen LogP contribution in [0.1, 0.15) is 25.0 Å². The third kappa shape index (κ3) is 5.25. The van der Waals surface area contributed by atoms with Crippen LogP contribution in [0.3, 0.4) is 0 Å². The molecule has 0 aromatic heterocycles. The van der Waals surface area contributed by atoms with Crippen LogP contribution in [0.2, 0.25) is 5.02 Å². The van der Waals surface area contributed by atoms with E-state index in [0.29, 0.717) is 12.5 Å². The summed E-state index contributed by atoms with van der Waals surface area (Å²) in [5, 5.41) is 2.27. The van der Waals surface area contributed by atoms with Crippen molar-refractivity contribution in [3.63, 3.8) is 0 Å². The average molecular weight is 306 g/mol. The van der Waals surface area contributed by atoms with Crippen molar-refractivity contribution in [1.29, 1.82) is 0 Å². The first-order valence-corrected chi connectivity index (χ1v) is 6.40. The third-order valence-corrected chi connectivity index (χ3v) is 2.74. The summed E-state index contributed by atoms with van der Waals surface area (Å²) in [6.07, 6.45) is -1.99. The van der Waals surface area contributed by atoms with Gasteiger partial charge in [-0.2, -0.15) is 13.2 Å². The van der Waals surface area contributed by atoms with E-state index in [9.17, 15) is 18.0 Å². The van der Waals surface area contributed by atoms with Gasteiger partial charge in [-0.05, 0) is 29.7 Å². The van der Waals surface area contributed by atoms with Crippen molar-refractivity contribution in [2.45, 2.75) is 20.0 Å². The fraction of sp³-hybridized carbons (Fsp3) is 0.357. The Labute approximate surface area is 120 Å². The Kier molecular flexibility index (Phi) is 5.62. The number of hydrogen-bond acceptors (Lipinski definition) is 1. The molecule has 0 saturated heterocycles. The van der Waals surface area contributed by atoms with Gasteiger partial charge >= 0.3 is 6.18 Å². The van der Waals surface area contributed by atoms with Crippen molar-refractivity contribution >= 4 is 23.6 Å². The molecule has 0 heterocycles. The lowest BCUT2D eigenvalue weighted by atomic mass is 10.1. The van der Waals surface area contributed by atoms with E-state index in [2.05, 4.69) is 5.32 Å². The number of hydrogen-bond donors (Lipinski definition) is 1. The zero-order valence-electron chi connectivity index (χ0n) is 11.1. The molecule has 0 aliphatic heterocycles. The van der Waals surface area contributed by atoms with Crippen LogP contribution in [0.25, 0.3) is 6.08 Å². The third-order valence-electron chi connectivity index (χ3n) is 2.41. The Morgan fingerprint density at radius 1 is 1.40 bits per heavy atom. The first-order chi connectivity index (χ1) is 9.20. The van der Waals surface area contributed by atoms with Crippen molar-refractivity contribution in [2.24, 2.45) is 5.92 Å². The van der Waals surface area contributed by atoms with Gasteiger partial charge in [0.1, 0.15) is 0 Å². The minimum atomic E-state index is -4.51. The quantitative estimate of drug-likeness (QED) is 0.832. The van der Waals surface area contributed by atoms with Crippen LogP contribution in [0.15, 0.2) is 24.3 Å². The molecule has 1 aromatic carbocycles. The number of rotatable bonds is 4. The van der Waals surface area contributed by atoms with E-state index >= 15 is 0 Å². The zero-order chi connectivity index (χ0) is 15.3. The Hall–Kier alpha value is -1.49. The largest absolute Gasteiger partial charge is 0.417 e. The number of amides is 1. The summed E-state index contributed by atoms with van der Waals surface area (Å²) in [4.78, 5) is 11.4. The number of halogens is 4. The maximum absolute atomic E-state index is 12.6. The highest BCUT2D eigenvalue weighted by Gasteiger charge is 2.33. The van der Waals surface area contributed by atoms with Gasteiger partial charge in [0.05, 0.1) is 10.6 Å². The van der Waals surface area contributed by atoms with Crippen molar-refractivity contribution in [3.8, 4) is 0 Å². The maximum Gasteiger partial charge on any atom is 0.417 e. The van der Waals surface area contributed by atoms with E-state index in [0.717, 1.165) is 12.1 Å². The number of nitrogens with one attached hydrogen (secondary N) is 1. The Morgan fingerprint density at radius 3 is 2.60 bits per heavy atom. The molecule has 0 aliphatic carbocycles. The standard InChI is InChI=1S/C14H15ClF3NO/c1-9(2)8-19-13(20)6-4-10-3-5-12(15)11(7-10)14(16,17)18/h3-7,9H,8H2,1-2H3,(H,19,20)/b6-4+. The zero-order valence-corrected chi connectivity index (χ0v) is 11.8. The lowest BCUT2D eigenvalue weighted by Gasteiger charge is -2.09. The van der Waals surface area contributed by atoms with Crippen molar-refractivity contribution in [2.75, 3.05) is 6.54 Å². The second-order valence-electron chi connectivity index (χ2n) is 4.71. The van der Waals surface area contributed by atoms with Crippen LogP contribution in [0.5, 0.6) is 0 Å². The van der Waals surface area contributed by atoms with E-state index in [1.54, 1.807) is 0 Å². The summed E-state index contributed by atoms with van der Waals surface area (Å²) in [5.41, 5.74) is -0.648. The molecule has 1 rings (SSSR count). The molecule has 0 radical (unpaired) electrons. The van der Waals surface area contributed by atoms with Crippen LogP contribution >= 0.6 is 11.6 Å². The minimum absolute atomic E-state index is 0.265. The first-order valence-electron chi connectivity index (χ1n) is 6.03. The molecular weight excluding hydrogens is 291 g/mol. The molecule has 20 heavy (non-hydrogen) atoms. The number of benzene rings is 1. The predicted molar refractivity (Wildman–Crippen MR) is 73.3 cm³/mol. The van der Waals surface area contributed by atoms with Crippen LogP contribution in [-0.2, 0) is 11.0 Å². The molecule has 0 fully saturated rings. The monoisotopic (exact) mass is 305 g/mol. The topological polar surface area (TPSA) is 29.1 Å². The van der Waals surface area contributed by atoms with Crippen LogP contribution in [-0.4, -0.2) is 12.5 Å². The van der Waals surface area contributed by atoms with Gasteiger partial charge in [0, 0.05) is 12.6 Å². The highest BCUT2D eigenvalue weighted by molar-refractivity contribution is 6.31. The summed E-state index contributed by atoms with van der Waals surface area (Å²) in [7, 11) is 0. The Bertz CT molecular complexity index is 510. The van der Waals surface area contributed by atoms with Gasteiger partial charge in [0.2, 0.25) is 5.91 Å². The molecule has 0 bridgehead atoms. The van der Waals surface area contributed by atoms with Gasteiger partial charge in [-0.25, -0.2) is 0 Å². The van der Waals surface area contributed by atoms with E-state index in [-0.39, 0.29) is 16.5 Å². The molecule has 1 amide bonds. The molecular formula is C14H15ClF3NO. The molecule has 0 atom stereocenters. The van der Waals surface area contributed by atoms with Crippen LogP contribution in [0.4, 0.5) is 13.2 Å².